The smallest absolute Gasteiger partial charge is 0.0913 e. The Labute approximate surface area is 111 Å². The lowest BCUT2D eigenvalue weighted by Gasteiger charge is -2.21. The molecule has 0 saturated heterocycles. The summed E-state index contributed by atoms with van der Waals surface area (Å²) in [7, 11) is 0. The molecule has 0 atom stereocenters. The first-order valence-corrected chi connectivity index (χ1v) is 6.92. The summed E-state index contributed by atoms with van der Waals surface area (Å²) in [6.45, 7) is 9.34. The van der Waals surface area contributed by atoms with Gasteiger partial charge in [-0.2, -0.15) is 0 Å². The number of benzene rings is 1. The highest BCUT2D eigenvalue weighted by molar-refractivity contribution is 5.47. The number of hydrogen-bond donors (Lipinski definition) is 0. The molecule has 100 valence electrons. The Balaban J connectivity index is 2.42. The van der Waals surface area contributed by atoms with Crippen LogP contribution in [-0.4, -0.2) is 19.7 Å². The van der Waals surface area contributed by atoms with E-state index in [1.807, 2.05) is 6.08 Å². The Morgan fingerprint density at radius 3 is 2.28 bits per heavy atom. The van der Waals surface area contributed by atoms with Crippen LogP contribution in [0.3, 0.4) is 0 Å². The van der Waals surface area contributed by atoms with Gasteiger partial charge in [0.25, 0.3) is 0 Å². The van der Waals surface area contributed by atoms with Crippen molar-refractivity contribution in [1.29, 1.82) is 0 Å². The summed E-state index contributed by atoms with van der Waals surface area (Å²) in [6, 6.07) is 8.79. The fourth-order valence-corrected chi connectivity index (χ4v) is 1.87. The van der Waals surface area contributed by atoms with Crippen LogP contribution in [0.25, 0.3) is 0 Å². The summed E-state index contributed by atoms with van der Waals surface area (Å²) < 4.78 is 5.41. The standard InChI is InChI=1S/C16H25NO/c1-4-7-13-18-14-12-15-8-10-16(11-9-15)17(5-2)6-3/h7-11,13H,4-6,12,14H2,1-3H3. The van der Waals surface area contributed by atoms with E-state index in [-0.39, 0.29) is 0 Å². The van der Waals surface area contributed by atoms with Gasteiger partial charge in [0.05, 0.1) is 12.9 Å². The zero-order valence-corrected chi connectivity index (χ0v) is 11.9. The van der Waals surface area contributed by atoms with E-state index in [0.717, 1.165) is 32.5 Å². The Bertz CT molecular complexity index is 339. The second-order valence-corrected chi connectivity index (χ2v) is 4.24. The normalized spacial score (nSPS) is 10.8. The Morgan fingerprint density at radius 1 is 1.06 bits per heavy atom. The molecular weight excluding hydrogens is 222 g/mol. The molecule has 0 aliphatic carbocycles. The van der Waals surface area contributed by atoms with Crippen LogP contribution in [0, 0.1) is 0 Å². The molecule has 0 heterocycles. The van der Waals surface area contributed by atoms with Gasteiger partial charge in [0.15, 0.2) is 0 Å². The second-order valence-electron chi connectivity index (χ2n) is 4.24. The zero-order valence-electron chi connectivity index (χ0n) is 11.9. The van der Waals surface area contributed by atoms with Gasteiger partial charge in [-0.1, -0.05) is 25.1 Å². The van der Waals surface area contributed by atoms with E-state index in [4.69, 9.17) is 4.74 Å². The van der Waals surface area contributed by atoms with Crippen molar-refractivity contribution in [2.75, 3.05) is 24.6 Å². The van der Waals surface area contributed by atoms with Crippen molar-refractivity contribution in [2.24, 2.45) is 0 Å². The molecule has 0 spiro atoms. The number of nitrogens with zero attached hydrogens (tertiary/aromatic N) is 1. The third-order valence-electron chi connectivity index (χ3n) is 3.00. The van der Waals surface area contributed by atoms with E-state index in [2.05, 4.69) is 49.9 Å². The number of anilines is 1. The van der Waals surface area contributed by atoms with Gasteiger partial charge in [-0.05, 0) is 38.0 Å². The summed E-state index contributed by atoms with van der Waals surface area (Å²) in [5.41, 5.74) is 2.63. The molecule has 0 N–H and O–H groups in total. The van der Waals surface area contributed by atoms with Gasteiger partial charge >= 0.3 is 0 Å². The van der Waals surface area contributed by atoms with Crippen molar-refractivity contribution < 1.29 is 4.74 Å². The molecule has 0 aliphatic rings. The molecule has 0 radical (unpaired) electrons. The largest absolute Gasteiger partial charge is 0.501 e. The minimum absolute atomic E-state index is 0.751. The number of allylic oxidation sites excluding steroid dienone is 1. The molecule has 0 fully saturated rings. The molecule has 1 aromatic carbocycles. The van der Waals surface area contributed by atoms with Gasteiger partial charge < -0.3 is 9.64 Å². The highest BCUT2D eigenvalue weighted by Gasteiger charge is 2.01. The minimum atomic E-state index is 0.751. The van der Waals surface area contributed by atoms with E-state index < -0.39 is 0 Å². The lowest BCUT2D eigenvalue weighted by atomic mass is 10.1. The number of rotatable bonds is 8. The summed E-state index contributed by atoms with van der Waals surface area (Å²) >= 11 is 0. The average molecular weight is 247 g/mol. The highest BCUT2D eigenvalue weighted by atomic mass is 16.5. The van der Waals surface area contributed by atoms with Crippen molar-refractivity contribution in [2.45, 2.75) is 33.6 Å². The van der Waals surface area contributed by atoms with Gasteiger partial charge in [0, 0.05) is 25.2 Å². The molecule has 18 heavy (non-hydrogen) atoms. The van der Waals surface area contributed by atoms with Gasteiger partial charge in [0.1, 0.15) is 0 Å². The number of ether oxygens (including phenoxy) is 1. The lowest BCUT2D eigenvalue weighted by Crippen LogP contribution is -2.21. The Kier molecular flexibility index (Phi) is 7.00. The molecule has 0 amide bonds. The third-order valence-corrected chi connectivity index (χ3v) is 3.00. The molecule has 0 unspecified atom stereocenters. The van der Waals surface area contributed by atoms with Crippen molar-refractivity contribution in [3.8, 4) is 0 Å². The van der Waals surface area contributed by atoms with E-state index in [9.17, 15) is 0 Å². The fourth-order valence-electron chi connectivity index (χ4n) is 1.87. The monoisotopic (exact) mass is 247 g/mol. The molecule has 0 aromatic heterocycles. The molecule has 0 bridgehead atoms. The predicted molar refractivity (Wildman–Crippen MR) is 79.1 cm³/mol. The van der Waals surface area contributed by atoms with Crippen molar-refractivity contribution >= 4 is 5.69 Å². The first-order valence-electron chi connectivity index (χ1n) is 6.92. The summed E-state index contributed by atoms with van der Waals surface area (Å²) in [5, 5.41) is 0. The van der Waals surface area contributed by atoms with Gasteiger partial charge in [0.2, 0.25) is 0 Å². The lowest BCUT2D eigenvalue weighted by molar-refractivity contribution is 0.252. The molecular formula is C16H25NO. The molecule has 1 aromatic rings. The Hall–Kier alpha value is -1.44. The third kappa shape index (κ3) is 4.82. The van der Waals surface area contributed by atoms with Crippen LogP contribution in [0.4, 0.5) is 5.69 Å². The molecule has 1 rings (SSSR count). The van der Waals surface area contributed by atoms with E-state index >= 15 is 0 Å². The zero-order chi connectivity index (χ0) is 13.2. The quantitative estimate of drug-likeness (QED) is 0.508. The van der Waals surface area contributed by atoms with E-state index in [0.29, 0.717) is 0 Å². The van der Waals surface area contributed by atoms with E-state index in [1.165, 1.54) is 11.3 Å². The van der Waals surface area contributed by atoms with Crippen LogP contribution in [-0.2, 0) is 11.2 Å². The minimum Gasteiger partial charge on any atom is -0.501 e. The van der Waals surface area contributed by atoms with Crippen LogP contribution in [0.5, 0.6) is 0 Å². The van der Waals surface area contributed by atoms with Crippen LogP contribution in [0.2, 0.25) is 0 Å². The first kappa shape index (κ1) is 14.6. The highest BCUT2D eigenvalue weighted by Crippen LogP contribution is 2.15. The summed E-state index contributed by atoms with van der Waals surface area (Å²) in [4.78, 5) is 2.35. The predicted octanol–water partition coefficient (Wildman–Crippen LogP) is 4.02. The maximum Gasteiger partial charge on any atom is 0.0913 e. The number of hydrogen-bond acceptors (Lipinski definition) is 2. The van der Waals surface area contributed by atoms with Gasteiger partial charge in [-0.25, -0.2) is 0 Å². The van der Waals surface area contributed by atoms with Crippen molar-refractivity contribution in [3.63, 3.8) is 0 Å². The van der Waals surface area contributed by atoms with Gasteiger partial charge in [-0.15, -0.1) is 0 Å². The van der Waals surface area contributed by atoms with E-state index in [1.54, 1.807) is 6.26 Å². The molecule has 2 heteroatoms. The summed E-state index contributed by atoms with van der Waals surface area (Å²) in [6.07, 6.45) is 5.82. The van der Waals surface area contributed by atoms with Gasteiger partial charge in [-0.3, -0.25) is 0 Å². The van der Waals surface area contributed by atoms with Crippen LogP contribution >= 0.6 is 0 Å². The first-order chi connectivity index (χ1) is 8.81. The molecule has 2 nitrogen and oxygen atoms in total. The topological polar surface area (TPSA) is 12.5 Å². The SMILES string of the molecule is CCC=COCCc1ccc(N(CC)CC)cc1. The maximum atomic E-state index is 5.41. The van der Waals surface area contributed by atoms with Crippen molar-refractivity contribution in [1.82, 2.24) is 0 Å². The molecule has 0 aliphatic heterocycles. The van der Waals surface area contributed by atoms with Crippen LogP contribution in [0.1, 0.15) is 32.8 Å². The second kappa shape index (κ2) is 8.62. The van der Waals surface area contributed by atoms with Crippen molar-refractivity contribution in [3.05, 3.63) is 42.2 Å². The summed E-state index contributed by atoms with van der Waals surface area (Å²) in [5.74, 6) is 0. The van der Waals surface area contributed by atoms with Crippen LogP contribution in [0.15, 0.2) is 36.6 Å². The fraction of sp³-hybridized carbons (Fsp3) is 0.500. The maximum absolute atomic E-state index is 5.41. The van der Waals surface area contributed by atoms with Crippen LogP contribution < -0.4 is 4.90 Å². The average Bonchev–Trinajstić information content (AvgIpc) is 2.41. The Morgan fingerprint density at radius 2 is 1.72 bits per heavy atom. The molecule has 0 saturated carbocycles.